The third-order valence-electron chi connectivity index (χ3n) is 2.63. The van der Waals surface area contributed by atoms with Crippen molar-refractivity contribution in [1.29, 1.82) is 0 Å². The van der Waals surface area contributed by atoms with Crippen LogP contribution in [-0.2, 0) is 16.1 Å². The number of carbonyl (C=O) groups is 1. The quantitative estimate of drug-likeness (QED) is 0.471. The number of nitro benzene ring substituents is 2. The molecule has 1 aromatic carbocycles. The minimum atomic E-state index is -0.858. The van der Waals surface area contributed by atoms with Crippen LogP contribution in [0.1, 0.15) is 12.5 Å². The molecule has 1 atom stereocenters. The highest BCUT2D eigenvalue weighted by Gasteiger charge is 2.28. The van der Waals surface area contributed by atoms with Crippen LogP contribution in [0.2, 0.25) is 0 Å². The summed E-state index contributed by atoms with van der Waals surface area (Å²) in [5.41, 5.74) is -1.33. The first-order valence-corrected chi connectivity index (χ1v) is 5.63. The third kappa shape index (κ3) is 3.48. The summed E-state index contributed by atoms with van der Waals surface area (Å²) in [6, 6.07) is 3.06. The molecule has 1 N–H and O–H groups in total. The maximum absolute atomic E-state index is 11.5. The molecule has 20 heavy (non-hydrogen) atoms. The van der Waals surface area contributed by atoms with Crippen LogP contribution in [0.3, 0.4) is 0 Å². The number of benzene rings is 1. The summed E-state index contributed by atoms with van der Waals surface area (Å²) in [7, 11) is 1.56. The van der Waals surface area contributed by atoms with E-state index in [0.717, 1.165) is 6.07 Å². The van der Waals surface area contributed by atoms with Crippen LogP contribution in [0.25, 0.3) is 0 Å². The van der Waals surface area contributed by atoms with Gasteiger partial charge in [-0.05, 0) is 20.0 Å². The number of esters is 1. The molecule has 0 bridgehead atoms. The van der Waals surface area contributed by atoms with Gasteiger partial charge in [-0.15, -0.1) is 0 Å². The monoisotopic (exact) mass is 283 g/mol. The lowest BCUT2D eigenvalue weighted by Crippen LogP contribution is -2.32. The number of ether oxygens (including phenoxy) is 1. The van der Waals surface area contributed by atoms with Crippen LogP contribution in [0.15, 0.2) is 18.2 Å². The number of nitro groups is 2. The molecule has 0 fully saturated rings. The predicted octanol–water partition coefficient (Wildman–Crippen LogP) is 1.15. The van der Waals surface area contributed by atoms with Gasteiger partial charge in [-0.25, -0.2) is 0 Å². The van der Waals surface area contributed by atoms with Crippen LogP contribution in [0.5, 0.6) is 0 Å². The minimum Gasteiger partial charge on any atom is -0.459 e. The minimum absolute atomic E-state index is 0.0270. The molecular weight excluding hydrogens is 270 g/mol. The zero-order valence-electron chi connectivity index (χ0n) is 10.9. The summed E-state index contributed by atoms with van der Waals surface area (Å²) in [5, 5.41) is 24.3. The molecule has 0 amide bonds. The van der Waals surface area contributed by atoms with Crippen molar-refractivity contribution in [2.24, 2.45) is 0 Å². The lowest BCUT2D eigenvalue weighted by Gasteiger charge is -2.10. The largest absolute Gasteiger partial charge is 0.459 e. The molecule has 1 aromatic rings. The molecule has 9 heteroatoms. The van der Waals surface area contributed by atoms with Gasteiger partial charge in [0, 0.05) is 6.07 Å². The Bertz CT molecular complexity index is 545. The fourth-order valence-electron chi connectivity index (χ4n) is 1.44. The molecule has 0 saturated carbocycles. The average molecular weight is 283 g/mol. The topological polar surface area (TPSA) is 125 Å². The van der Waals surface area contributed by atoms with Gasteiger partial charge in [0.25, 0.3) is 0 Å². The van der Waals surface area contributed by atoms with Gasteiger partial charge in [-0.3, -0.25) is 25.0 Å². The fourth-order valence-corrected chi connectivity index (χ4v) is 1.44. The number of hydrogen-bond donors (Lipinski definition) is 1. The zero-order chi connectivity index (χ0) is 15.3. The molecule has 0 heterocycles. The maximum atomic E-state index is 11.5. The van der Waals surface area contributed by atoms with E-state index in [9.17, 15) is 25.0 Å². The third-order valence-corrected chi connectivity index (χ3v) is 2.63. The van der Waals surface area contributed by atoms with Crippen molar-refractivity contribution in [3.63, 3.8) is 0 Å². The average Bonchev–Trinajstić information content (AvgIpc) is 2.42. The van der Waals surface area contributed by atoms with Crippen molar-refractivity contribution in [2.45, 2.75) is 19.6 Å². The summed E-state index contributed by atoms with van der Waals surface area (Å²) in [5.74, 6) is -0.603. The van der Waals surface area contributed by atoms with Gasteiger partial charge < -0.3 is 10.1 Å². The van der Waals surface area contributed by atoms with E-state index in [-0.39, 0.29) is 5.56 Å². The van der Waals surface area contributed by atoms with E-state index in [1.807, 2.05) is 0 Å². The summed E-state index contributed by atoms with van der Waals surface area (Å²) in [6.07, 6.45) is 0. The van der Waals surface area contributed by atoms with Crippen molar-refractivity contribution in [2.75, 3.05) is 7.05 Å². The molecule has 0 aliphatic rings. The molecule has 0 aliphatic heterocycles. The van der Waals surface area contributed by atoms with E-state index < -0.39 is 39.8 Å². The molecular formula is C11H13N3O6. The molecule has 9 nitrogen and oxygen atoms in total. The van der Waals surface area contributed by atoms with Crippen molar-refractivity contribution in [1.82, 2.24) is 5.32 Å². The fraction of sp³-hybridized carbons (Fsp3) is 0.364. The van der Waals surface area contributed by atoms with E-state index in [0.29, 0.717) is 0 Å². The summed E-state index contributed by atoms with van der Waals surface area (Å²) < 4.78 is 4.88. The molecule has 0 aromatic heterocycles. The van der Waals surface area contributed by atoms with Gasteiger partial charge >= 0.3 is 17.3 Å². The Morgan fingerprint density at radius 1 is 1.35 bits per heavy atom. The van der Waals surface area contributed by atoms with Gasteiger partial charge in [-0.1, -0.05) is 6.07 Å². The normalized spacial score (nSPS) is 11.7. The smallest absolute Gasteiger partial charge is 0.352 e. The van der Waals surface area contributed by atoms with Crippen molar-refractivity contribution >= 4 is 17.3 Å². The van der Waals surface area contributed by atoms with Gasteiger partial charge in [0.2, 0.25) is 0 Å². The van der Waals surface area contributed by atoms with Crippen molar-refractivity contribution in [3.05, 3.63) is 44.0 Å². The molecule has 0 saturated heterocycles. The second kappa shape index (κ2) is 6.57. The number of rotatable bonds is 6. The molecule has 108 valence electrons. The molecule has 1 unspecified atom stereocenters. The van der Waals surface area contributed by atoms with Crippen LogP contribution >= 0.6 is 0 Å². The van der Waals surface area contributed by atoms with Crippen LogP contribution in [0.4, 0.5) is 11.4 Å². The highest BCUT2D eigenvalue weighted by molar-refractivity contribution is 5.75. The Labute approximate surface area is 113 Å². The molecule has 1 rings (SSSR count). The number of nitrogens with zero attached hydrogens (tertiary/aromatic N) is 2. The van der Waals surface area contributed by atoms with Gasteiger partial charge in [-0.2, -0.15) is 0 Å². The van der Waals surface area contributed by atoms with Crippen LogP contribution < -0.4 is 5.32 Å². The van der Waals surface area contributed by atoms with Gasteiger partial charge in [0.15, 0.2) is 0 Å². The number of likely N-dealkylation sites (N-methyl/N-ethyl adjacent to an activating group) is 1. The van der Waals surface area contributed by atoms with E-state index >= 15 is 0 Å². The second-order valence-electron chi connectivity index (χ2n) is 3.92. The summed E-state index contributed by atoms with van der Waals surface area (Å²) in [6.45, 7) is 1.16. The van der Waals surface area contributed by atoms with E-state index in [2.05, 4.69) is 5.32 Å². The summed E-state index contributed by atoms with van der Waals surface area (Å²) >= 11 is 0. The van der Waals surface area contributed by atoms with Crippen molar-refractivity contribution in [3.8, 4) is 0 Å². The first-order chi connectivity index (χ1) is 9.38. The van der Waals surface area contributed by atoms with Crippen LogP contribution in [-0.4, -0.2) is 28.9 Å². The Kier molecular flexibility index (Phi) is 5.09. The van der Waals surface area contributed by atoms with Gasteiger partial charge in [0.05, 0.1) is 15.4 Å². The first kappa shape index (κ1) is 15.5. The highest BCUT2D eigenvalue weighted by Crippen LogP contribution is 2.30. The highest BCUT2D eigenvalue weighted by atomic mass is 16.6. The van der Waals surface area contributed by atoms with E-state index in [4.69, 9.17) is 4.74 Å². The number of carbonyl (C=O) groups excluding carboxylic acids is 1. The van der Waals surface area contributed by atoms with E-state index in [1.54, 1.807) is 14.0 Å². The Balaban J connectivity index is 3.01. The van der Waals surface area contributed by atoms with Crippen molar-refractivity contribution < 1.29 is 19.4 Å². The lowest BCUT2D eigenvalue weighted by molar-refractivity contribution is -0.423. The Morgan fingerprint density at radius 2 is 2.00 bits per heavy atom. The first-order valence-electron chi connectivity index (χ1n) is 5.63. The number of para-hydroxylation sites is 1. The number of nitrogens with one attached hydrogen (secondary N) is 1. The number of hydrogen-bond acceptors (Lipinski definition) is 7. The standard InChI is InChI=1S/C11H13N3O6/c1-7(12-2)11(15)20-6-8-4-3-5-9(13(16)17)10(8)14(18)19/h3-5,7,12H,6H2,1-2H3. The van der Waals surface area contributed by atoms with Gasteiger partial charge in [0.1, 0.15) is 12.6 Å². The SMILES string of the molecule is CNC(C)C(=O)OCc1cccc([N+](=O)[O-])c1[N+](=O)[O-]. The maximum Gasteiger partial charge on any atom is 0.352 e. The summed E-state index contributed by atoms with van der Waals surface area (Å²) in [4.78, 5) is 31.4. The zero-order valence-corrected chi connectivity index (χ0v) is 10.9. The van der Waals surface area contributed by atoms with Crippen LogP contribution in [0, 0.1) is 20.2 Å². The molecule has 0 aliphatic carbocycles. The predicted molar refractivity (Wildman–Crippen MR) is 68.1 cm³/mol. The molecule has 0 radical (unpaired) electrons. The second-order valence-corrected chi connectivity index (χ2v) is 3.92. The van der Waals surface area contributed by atoms with E-state index in [1.165, 1.54) is 12.1 Å². The lowest BCUT2D eigenvalue weighted by atomic mass is 10.1. The molecule has 0 spiro atoms. The Hall–Kier alpha value is -2.55. The Morgan fingerprint density at radius 3 is 2.50 bits per heavy atom.